The third-order valence-corrected chi connectivity index (χ3v) is 4.66. The van der Waals surface area contributed by atoms with Crippen molar-refractivity contribution in [1.29, 1.82) is 0 Å². The number of benzene rings is 1. The van der Waals surface area contributed by atoms with E-state index >= 15 is 0 Å². The van der Waals surface area contributed by atoms with E-state index in [9.17, 15) is 9.59 Å². The zero-order valence-electron chi connectivity index (χ0n) is 17.8. The molecule has 0 spiro atoms. The molecule has 2 heterocycles. The molecule has 0 saturated carbocycles. The van der Waals surface area contributed by atoms with E-state index in [2.05, 4.69) is 32.4 Å². The molecule has 2 aromatic heterocycles. The molecule has 166 valence electrons. The van der Waals surface area contributed by atoms with Gasteiger partial charge in [-0.15, -0.1) is 0 Å². The summed E-state index contributed by atoms with van der Waals surface area (Å²) in [6.45, 7) is 4.96. The van der Waals surface area contributed by atoms with Crippen LogP contribution in [0.1, 0.15) is 6.92 Å². The molecular formula is C21H22ClN7O3. The van der Waals surface area contributed by atoms with Gasteiger partial charge >= 0.3 is 0 Å². The highest BCUT2D eigenvalue weighted by atomic mass is 35.5. The third-order valence-electron chi connectivity index (χ3n) is 4.48. The van der Waals surface area contributed by atoms with Crippen molar-refractivity contribution >= 4 is 46.8 Å². The lowest BCUT2D eigenvalue weighted by Gasteiger charge is -2.13. The van der Waals surface area contributed by atoms with Crippen molar-refractivity contribution in [1.82, 2.24) is 19.7 Å². The molecule has 0 radical (unpaired) electrons. The first-order valence-corrected chi connectivity index (χ1v) is 9.88. The number of halogens is 1. The van der Waals surface area contributed by atoms with Crippen LogP contribution >= 0.6 is 11.6 Å². The summed E-state index contributed by atoms with van der Waals surface area (Å²) < 4.78 is 8.31. The number of aromatic nitrogens is 3. The van der Waals surface area contributed by atoms with Gasteiger partial charge in [0.1, 0.15) is 5.82 Å². The standard InChI is InChI=1S/C21H22ClN7O3/c1-13(22)19(27-21(24-3)29-9-5-8-25-29)26-15-6-7-16-14(10-15)11-17(20(31)28(16)4)32-12-18(30)23-2/h5-11,26H,3,12H2,1-2,4H3,(H,23,30)/b19-13+,27-21+. The number of ether oxygens (including phenoxy) is 1. The minimum absolute atomic E-state index is 0.0693. The Morgan fingerprint density at radius 2 is 2.12 bits per heavy atom. The Morgan fingerprint density at radius 1 is 1.34 bits per heavy atom. The second kappa shape index (κ2) is 9.92. The molecule has 32 heavy (non-hydrogen) atoms. The Morgan fingerprint density at radius 3 is 2.75 bits per heavy atom. The first-order chi connectivity index (χ1) is 15.3. The van der Waals surface area contributed by atoms with Gasteiger partial charge in [0.15, 0.2) is 12.4 Å². The summed E-state index contributed by atoms with van der Waals surface area (Å²) in [5, 5.41) is 10.8. The highest BCUT2D eigenvalue weighted by Crippen LogP contribution is 2.23. The number of carbonyl (C=O) groups excluding carboxylic acids is 1. The van der Waals surface area contributed by atoms with Gasteiger partial charge < -0.3 is 19.9 Å². The summed E-state index contributed by atoms with van der Waals surface area (Å²) in [5.41, 5.74) is 1.01. The average molecular weight is 456 g/mol. The normalized spacial score (nSPS) is 12.3. The van der Waals surface area contributed by atoms with E-state index in [-0.39, 0.29) is 29.8 Å². The lowest BCUT2D eigenvalue weighted by Crippen LogP contribution is -2.27. The van der Waals surface area contributed by atoms with Gasteiger partial charge in [0.05, 0.1) is 10.5 Å². The Balaban J connectivity index is 1.96. The highest BCUT2D eigenvalue weighted by molar-refractivity contribution is 6.29. The van der Waals surface area contributed by atoms with Crippen molar-refractivity contribution in [2.45, 2.75) is 6.92 Å². The first-order valence-electron chi connectivity index (χ1n) is 9.50. The number of hydrogen-bond acceptors (Lipinski definition) is 6. The monoisotopic (exact) mass is 455 g/mol. The molecule has 3 aromatic rings. The van der Waals surface area contributed by atoms with Crippen molar-refractivity contribution < 1.29 is 9.53 Å². The van der Waals surface area contributed by atoms with E-state index in [4.69, 9.17) is 16.3 Å². The summed E-state index contributed by atoms with van der Waals surface area (Å²) in [6.07, 6.45) is 3.29. The Bertz CT molecular complexity index is 1270. The van der Waals surface area contributed by atoms with Crippen LogP contribution in [-0.4, -0.2) is 46.6 Å². The van der Waals surface area contributed by atoms with Gasteiger partial charge in [0.2, 0.25) is 0 Å². The van der Waals surface area contributed by atoms with E-state index in [1.54, 1.807) is 50.6 Å². The number of aliphatic imine (C=N–C) groups is 2. The molecule has 0 aliphatic heterocycles. The van der Waals surface area contributed by atoms with Crippen LogP contribution in [0.25, 0.3) is 10.9 Å². The van der Waals surface area contributed by atoms with Gasteiger partial charge in [-0.25, -0.2) is 9.67 Å². The number of allylic oxidation sites excluding steroid dienone is 1. The molecule has 3 rings (SSSR count). The minimum atomic E-state index is -0.343. The summed E-state index contributed by atoms with van der Waals surface area (Å²) in [6, 6.07) is 8.71. The van der Waals surface area contributed by atoms with Gasteiger partial charge in [0, 0.05) is 37.6 Å². The van der Waals surface area contributed by atoms with Gasteiger partial charge in [0.25, 0.3) is 17.4 Å². The topological polar surface area (TPSA) is 115 Å². The fourth-order valence-electron chi connectivity index (χ4n) is 2.82. The van der Waals surface area contributed by atoms with Crippen LogP contribution in [-0.2, 0) is 11.8 Å². The van der Waals surface area contributed by atoms with E-state index < -0.39 is 0 Å². The molecule has 0 aliphatic carbocycles. The van der Waals surface area contributed by atoms with Crippen LogP contribution < -0.4 is 20.9 Å². The van der Waals surface area contributed by atoms with Crippen LogP contribution in [0.5, 0.6) is 5.75 Å². The predicted octanol–water partition coefficient (Wildman–Crippen LogP) is 2.30. The first kappa shape index (κ1) is 22.8. The number of amides is 1. The number of nitrogens with zero attached hydrogens (tertiary/aromatic N) is 5. The lowest BCUT2D eigenvalue weighted by molar-refractivity contribution is -0.122. The third kappa shape index (κ3) is 5.03. The molecule has 0 atom stereocenters. The molecule has 0 bridgehead atoms. The Hall–Kier alpha value is -3.92. The molecule has 0 saturated heterocycles. The van der Waals surface area contributed by atoms with E-state index in [1.165, 1.54) is 16.3 Å². The Kier molecular flexibility index (Phi) is 7.06. The number of nitrogens with one attached hydrogen (secondary N) is 2. The zero-order chi connectivity index (χ0) is 23.3. The molecule has 0 fully saturated rings. The van der Waals surface area contributed by atoms with E-state index in [1.807, 2.05) is 6.07 Å². The second-order valence-electron chi connectivity index (χ2n) is 6.64. The van der Waals surface area contributed by atoms with Gasteiger partial charge in [-0.2, -0.15) is 10.1 Å². The van der Waals surface area contributed by atoms with Crippen molar-refractivity contribution in [3.63, 3.8) is 0 Å². The summed E-state index contributed by atoms with van der Waals surface area (Å²) in [4.78, 5) is 32.3. The van der Waals surface area contributed by atoms with Crippen molar-refractivity contribution in [3.8, 4) is 5.75 Å². The predicted molar refractivity (Wildman–Crippen MR) is 126 cm³/mol. The van der Waals surface area contributed by atoms with E-state index in [0.29, 0.717) is 27.4 Å². The van der Waals surface area contributed by atoms with Gasteiger partial charge in [-0.1, -0.05) is 11.6 Å². The molecule has 1 amide bonds. The molecule has 1 aromatic carbocycles. The largest absolute Gasteiger partial charge is 0.478 e. The second-order valence-corrected chi connectivity index (χ2v) is 7.20. The zero-order valence-corrected chi connectivity index (χ0v) is 18.6. The summed E-state index contributed by atoms with van der Waals surface area (Å²) >= 11 is 6.25. The molecule has 10 nitrogen and oxygen atoms in total. The molecule has 0 aliphatic rings. The fraction of sp³-hybridized carbons (Fsp3) is 0.190. The maximum Gasteiger partial charge on any atom is 0.293 e. The van der Waals surface area contributed by atoms with Crippen LogP contribution in [0.2, 0.25) is 0 Å². The number of likely N-dealkylation sites (N-methyl/N-ethyl adjacent to an activating group) is 1. The van der Waals surface area contributed by atoms with Crippen molar-refractivity contribution in [2.75, 3.05) is 19.0 Å². The number of hydrogen-bond donors (Lipinski definition) is 2. The Labute approximate surface area is 188 Å². The van der Waals surface area contributed by atoms with Gasteiger partial charge in [-0.05, 0) is 44.0 Å². The number of rotatable bonds is 6. The fourth-order valence-corrected chi connectivity index (χ4v) is 2.91. The van der Waals surface area contributed by atoms with Gasteiger partial charge in [-0.3, -0.25) is 9.59 Å². The lowest BCUT2D eigenvalue weighted by atomic mass is 10.2. The number of carbonyl (C=O) groups is 1. The summed E-state index contributed by atoms with van der Waals surface area (Å²) in [7, 11) is 3.13. The van der Waals surface area contributed by atoms with E-state index in [0.717, 1.165) is 0 Å². The minimum Gasteiger partial charge on any atom is -0.478 e. The summed E-state index contributed by atoms with van der Waals surface area (Å²) in [5.74, 6) is 0.326. The maximum absolute atomic E-state index is 12.5. The number of aryl methyl sites for hydroxylation is 1. The van der Waals surface area contributed by atoms with Crippen LogP contribution in [0.4, 0.5) is 5.69 Å². The van der Waals surface area contributed by atoms with Crippen molar-refractivity contribution in [3.05, 3.63) is 63.9 Å². The highest BCUT2D eigenvalue weighted by Gasteiger charge is 2.11. The maximum atomic E-state index is 12.5. The quantitative estimate of drug-likeness (QED) is 0.437. The molecule has 0 unspecified atom stereocenters. The molecular weight excluding hydrogens is 434 g/mol. The number of fused-ring (bicyclic) bond motifs is 1. The van der Waals surface area contributed by atoms with Crippen LogP contribution in [0.15, 0.2) is 68.4 Å². The van der Waals surface area contributed by atoms with Crippen molar-refractivity contribution in [2.24, 2.45) is 17.0 Å². The molecule has 11 heteroatoms. The van der Waals surface area contributed by atoms with Crippen LogP contribution in [0.3, 0.4) is 0 Å². The SMILES string of the molecule is C=N/C(=N\C(Nc1ccc2c(c1)cc(OCC(=O)NC)c(=O)n2C)=C(/C)Cl)n1cccn1. The smallest absolute Gasteiger partial charge is 0.293 e. The molecule has 2 N–H and O–H groups in total. The average Bonchev–Trinajstić information content (AvgIpc) is 3.32. The number of anilines is 1. The number of pyridine rings is 1. The van der Waals surface area contributed by atoms with Crippen LogP contribution in [0, 0.1) is 0 Å².